The highest BCUT2D eigenvalue weighted by Crippen LogP contribution is 2.26. The van der Waals surface area contributed by atoms with E-state index in [2.05, 4.69) is 4.72 Å². The highest BCUT2D eigenvalue weighted by molar-refractivity contribution is 7.89. The molecule has 0 radical (unpaired) electrons. The Morgan fingerprint density at radius 3 is 2.60 bits per heavy atom. The van der Waals surface area contributed by atoms with Crippen LogP contribution in [0, 0.1) is 11.7 Å². The van der Waals surface area contributed by atoms with Crippen molar-refractivity contribution in [2.45, 2.75) is 43.4 Å². The highest BCUT2D eigenvalue weighted by atomic mass is 32.2. The second-order valence-electron chi connectivity index (χ2n) is 5.37. The van der Waals surface area contributed by atoms with Gasteiger partial charge < -0.3 is 5.73 Å². The van der Waals surface area contributed by atoms with E-state index >= 15 is 0 Å². The van der Waals surface area contributed by atoms with Gasteiger partial charge in [-0.2, -0.15) is 0 Å². The van der Waals surface area contributed by atoms with Gasteiger partial charge in [0, 0.05) is 6.54 Å². The summed E-state index contributed by atoms with van der Waals surface area (Å²) in [5.41, 5.74) is 5.29. The number of nitrogens with one attached hydrogen (secondary N) is 1. The number of benzene rings is 1. The molecule has 1 fully saturated rings. The quantitative estimate of drug-likeness (QED) is 0.821. The van der Waals surface area contributed by atoms with E-state index in [9.17, 15) is 12.8 Å². The first-order valence-corrected chi connectivity index (χ1v) is 8.52. The molecule has 1 aliphatic rings. The predicted molar refractivity (Wildman–Crippen MR) is 77.2 cm³/mol. The smallest absolute Gasteiger partial charge is 0.240 e. The molecule has 1 aromatic carbocycles. The number of rotatable bonds is 5. The Morgan fingerprint density at radius 1 is 1.25 bits per heavy atom. The Labute approximate surface area is 119 Å². The lowest BCUT2D eigenvalue weighted by molar-refractivity contribution is 0.339. The van der Waals surface area contributed by atoms with Gasteiger partial charge in [0.1, 0.15) is 5.82 Å². The molecule has 112 valence electrons. The molecule has 1 saturated carbocycles. The van der Waals surface area contributed by atoms with Crippen LogP contribution in [0.3, 0.4) is 0 Å². The van der Waals surface area contributed by atoms with Crippen LogP contribution in [0.2, 0.25) is 0 Å². The number of nitrogens with two attached hydrogens (primary N) is 1. The summed E-state index contributed by atoms with van der Waals surface area (Å²) in [4.78, 5) is -0.0761. The van der Waals surface area contributed by atoms with E-state index in [1.54, 1.807) is 0 Å². The average Bonchev–Trinajstić information content (AvgIpc) is 2.43. The summed E-state index contributed by atoms with van der Waals surface area (Å²) in [6.45, 7) is 0.402. The molecule has 0 amide bonds. The monoisotopic (exact) mass is 300 g/mol. The molecule has 2 rings (SSSR count). The van der Waals surface area contributed by atoms with E-state index in [1.165, 1.54) is 44.2 Å². The Bertz CT molecular complexity index is 554. The van der Waals surface area contributed by atoms with Gasteiger partial charge in [-0.25, -0.2) is 17.5 Å². The van der Waals surface area contributed by atoms with Crippen molar-refractivity contribution in [3.63, 3.8) is 0 Å². The molecule has 0 heterocycles. The average molecular weight is 300 g/mol. The summed E-state index contributed by atoms with van der Waals surface area (Å²) >= 11 is 0. The lowest BCUT2D eigenvalue weighted by atomic mass is 9.87. The van der Waals surface area contributed by atoms with E-state index in [0.717, 1.165) is 12.5 Å². The normalized spacial score (nSPS) is 17.2. The van der Waals surface area contributed by atoms with E-state index in [1.807, 2.05) is 0 Å². The standard InChI is InChI=1S/C14H21FN2O2S/c15-13-10-12(6-7-14(13)16)20(18,19)17-9-8-11-4-2-1-3-5-11/h6-7,10-11,17H,1-5,8-9,16H2. The molecule has 1 aliphatic carbocycles. The minimum absolute atomic E-state index is 0.0499. The Hall–Kier alpha value is -1.14. The van der Waals surface area contributed by atoms with Crippen molar-refractivity contribution < 1.29 is 12.8 Å². The van der Waals surface area contributed by atoms with Crippen molar-refractivity contribution in [3.8, 4) is 0 Å². The molecular weight excluding hydrogens is 279 g/mol. The lowest BCUT2D eigenvalue weighted by Crippen LogP contribution is -2.26. The molecule has 0 aliphatic heterocycles. The fourth-order valence-corrected chi connectivity index (χ4v) is 3.69. The summed E-state index contributed by atoms with van der Waals surface area (Å²) in [6, 6.07) is 3.55. The van der Waals surface area contributed by atoms with Crippen molar-refractivity contribution in [3.05, 3.63) is 24.0 Å². The van der Waals surface area contributed by atoms with Crippen LogP contribution in [0.15, 0.2) is 23.1 Å². The van der Waals surface area contributed by atoms with Crippen LogP contribution >= 0.6 is 0 Å². The summed E-state index contributed by atoms with van der Waals surface area (Å²) < 4.78 is 39.9. The maximum Gasteiger partial charge on any atom is 0.240 e. The number of anilines is 1. The van der Waals surface area contributed by atoms with Crippen molar-refractivity contribution in [1.82, 2.24) is 4.72 Å². The maximum absolute atomic E-state index is 13.3. The molecule has 0 aromatic heterocycles. The van der Waals surface area contributed by atoms with Crippen molar-refractivity contribution >= 4 is 15.7 Å². The Balaban J connectivity index is 1.91. The summed E-state index contributed by atoms with van der Waals surface area (Å²) in [5, 5.41) is 0. The van der Waals surface area contributed by atoms with Gasteiger partial charge in [0.05, 0.1) is 10.6 Å². The van der Waals surface area contributed by atoms with Crippen LogP contribution in [0.4, 0.5) is 10.1 Å². The summed E-state index contributed by atoms with van der Waals surface area (Å²) in [7, 11) is -3.65. The zero-order chi connectivity index (χ0) is 14.6. The lowest BCUT2D eigenvalue weighted by Gasteiger charge is -2.21. The zero-order valence-electron chi connectivity index (χ0n) is 11.4. The molecule has 1 aromatic rings. The van der Waals surface area contributed by atoms with Gasteiger partial charge in [0.25, 0.3) is 0 Å². The minimum Gasteiger partial charge on any atom is -0.396 e. The van der Waals surface area contributed by atoms with Crippen molar-refractivity contribution in [2.24, 2.45) is 5.92 Å². The number of hydrogen-bond donors (Lipinski definition) is 2. The predicted octanol–water partition coefficient (Wildman–Crippen LogP) is 2.66. The Morgan fingerprint density at radius 2 is 1.95 bits per heavy atom. The second kappa shape index (κ2) is 6.54. The molecule has 3 N–H and O–H groups in total. The topological polar surface area (TPSA) is 72.2 Å². The van der Waals surface area contributed by atoms with Crippen LogP contribution in [0.1, 0.15) is 38.5 Å². The summed E-state index contributed by atoms with van der Waals surface area (Å²) in [6.07, 6.45) is 6.96. The first-order chi connectivity index (χ1) is 9.49. The van der Waals surface area contributed by atoms with Crippen LogP contribution in [-0.2, 0) is 10.0 Å². The molecule has 0 unspecified atom stereocenters. The van der Waals surface area contributed by atoms with Crippen LogP contribution < -0.4 is 10.5 Å². The fraction of sp³-hybridized carbons (Fsp3) is 0.571. The molecule has 0 bridgehead atoms. The van der Waals surface area contributed by atoms with E-state index in [0.29, 0.717) is 12.5 Å². The summed E-state index contributed by atoms with van der Waals surface area (Å²) in [5.74, 6) is -0.102. The van der Waals surface area contributed by atoms with Crippen LogP contribution in [0.5, 0.6) is 0 Å². The van der Waals surface area contributed by atoms with Gasteiger partial charge in [-0.1, -0.05) is 32.1 Å². The number of sulfonamides is 1. The third-order valence-electron chi connectivity index (χ3n) is 3.85. The van der Waals surface area contributed by atoms with E-state index in [-0.39, 0.29) is 10.6 Å². The van der Waals surface area contributed by atoms with Crippen LogP contribution in [0.25, 0.3) is 0 Å². The molecule has 20 heavy (non-hydrogen) atoms. The van der Waals surface area contributed by atoms with Gasteiger partial charge >= 0.3 is 0 Å². The number of nitrogen functional groups attached to an aromatic ring is 1. The second-order valence-corrected chi connectivity index (χ2v) is 7.14. The van der Waals surface area contributed by atoms with Crippen LogP contribution in [-0.4, -0.2) is 15.0 Å². The first-order valence-electron chi connectivity index (χ1n) is 7.04. The van der Waals surface area contributed by atoms with Gasteiger partial charge in [0.15, 0.2) is 0 Å². The first kappa shape index (κ1) is 15.3. The highest BCUT2D eigenvalue weighted by Gasteiger charge is 2.17. The van der Waals surface area contributed by atoms with Gasteiger partial charge in [0.2, 0.25) is 10.0 Å². The molecule has 0 spiro atoms. The fourth-order valence-electron chi connectivity index (χ4n) is 2.63. The minimum atomic E-state index is -3.65. The molecule has 0 atom stereocenters. The molecular formula is C14H21FN2O2S. The number of hydrogen-bond acceptors (Lipinski definition) is 3. The SMILES string of the molecule is Nc1ccc(S(=O)(=O)NCCC2CCCCC2)cc1F. The van der Waals surface area contributed by atoms with Gasteiger partial charge in [-0.05, 0) is 30.5 Å². The van der Waals surface area contributed by atoms with E-state index in [4.69, 9.17) is 5.73 Å². The Kier molecular flexibility index (Phi) is 4.99. The van der Waals surface area contributed by atoms with Gasteiger partial charge in [-0.3, -0.25) is 0 Å². The van der Waals surface area contributed by atoms with Crippen molar-refractivity contribution in [1.29, 1.82) is 0 Å². The maximum atomic E-state index is 13.3. The van der Waals surface area contributed by atoms with Gasteiger partial charge in [-0.15, -0.1) is 0 Å². The van der Waals surface area contributed by atoms with E-state index < -0.39 is 15.8 Å². The largest absolute Gasteiger partial charge is 0.396 e. The third kappa shape index (κ3) is 3.93. The molecule has 6 heteroatoms. The zero-order valence-corrected chi connectivity index (χ0v) is 12.3. The number of halogens is 1. The third-order valence-corrected chi connectivity index (χ3v) is 5.31. The molecule has 0 saturated heterocycles. The molecule has 4 nitrogen and oxygen atoms in total. The van der Waals surface area contributed by atoms with Crippen molar-refractivity contribution in [2.75, 3.05) is 12.3 Å².